The average molecular weight is 497 g/mol. The highest BCUT2D eigenvalue weighted by Gasteiger charge is 2.11. The lowest BCUT2D eigenvalue weighted by Gasteiger charge is -2.12. The molecule has 3 N–H and O–H groups in total. The predicted octanol–water partition coefficient (Wildman–Crippen LogP) is 5.10. The van der Waals surface area contributed by atoms with E-state index in [-0.39, 0.29) is 12.3 Å². The molecule has 1 unspecified atom stereocenters. The summed E-state index contributed by atoms with van der Waals surface area (Å²) in [6, 6.07) is 26.2. The maximum atomic E-state index is 12.7. The lowest BCUT2D eigenvalue weighted by atomic mass is 10.0. The van der Waals surface area contributed by atoms with E-state index in [9.17, 15) is 9.90 Å². The second kappa shape index (κ2) is 13.0. The normalized spacial score (nSPS) is 12.0. The molecule has 192 valence electrons. The van der Waals surface area contributed by atoms with Crippen molar-refractivity contribution in [3.8, 4) is 0 Å². The zero-order valence-corrected chi connectivity index (χ0v) is 21.6. The summed E-state index contributed by atoms with van der Waals surface area (Å²) in [7, 11) is 0. The van der Waals surface area contributed by atoms with E-state index in [1.807, 2.05) is 65.4 Å². The first-order valence-corrected chi connectivity index (χ1v) is 12.9. The molecule has 6 heteroatoms. The average Bonchev–Trinajstić information content (AvgIpc) is 3.34. The Balaban J connectivity index is 1.22. The quantitative estimate of drug-likeness (QED) is 0.238. The molecule has 4 aromatic rings. The number of nitrogens with one attached hydrogen (secondary N) is 2. The zero-order chi connectivity index (χ0) is 26.0. The van der Waals surface area contributed by atoms with Gasteiger partial charge in [0.15, 0.2) is 0 Å². The van der Waals surface area contributed by atoms with Crippen molar-refractivity contribution in [3.63, 3.8) is 0 Å². The topological polar surface area (TPSA) is 79.2 Å². The van der Waals surface area contributed by atoms with Gasteiger partial charge in [-0.05, 0) is 53.3 Å². The van der Waals surface area contributed by atoms with Crippen LogP contribution in [0, 0.1) is 0 Å². The molecule has 0 radical (unpaired) electrons. The van der Waals surface area contributed by atoms with Gasteiger partial charge in [-0.15, -0.1) is 0 Å². The monoisotopic (exact) mass is 496 g/mol. The number of benzene rings is 3. The Bertz CT molecular complexity index is 1250. The Labute approximate surface area is 219 Å². The van der Waals surface area contributed by atoms with Crippen LogP contribution >= 0.6 is 0 Å². The predicted molar refractivity (Wildman–Crippen MR) is 149 cm³/mol. The molecular formula is C31H36N4O2. The van der Waals surface area contributed by atoms with Crippen LogP contribution in [0.5, 0.6) is 0 Å². The molecule has 0 saturated heterocycles. The maximum absolute atomic E-state index is 12.7. The highest BCUT2D eigenvalue weighted by molar-refractivity contribution is 5.91. The van der Waals surface area contributed by atoms with Gasteiger partial charge in [-0.2, -0.15) is 0 Å². The molecule has 1 heterocycles. The molecule has 0 bridgehead atoms. The van der Waals surface area contributed by atoms with E-state index in [1.165, 1.54) is 16.7 Å². The van der Waals surface area contributed by atoms with Gasteiger partial charge in [0.1, 0.15) is 5.82 Å². The fraction of sp³-hybridized carbons (Fsp3) is 0.290. The summed E-state index contributed by atoms with van der Waals surface area (Å²) in [5.74, 6) is 1.16. The van der Waals surface area contributed by atoms with Crippen LogP contribution in [-0.4, -0.2) is 33.7 Å². The maximum Gasteiger partial charge on any atom is 0.231 e. The van der Waals surface area contributed by atoms with E-state index in [0.717, 1.165) is 30.0 Å². The van der Waals surface area contributed by atoms with Crippen molar-refractivity contribution < 1.29 is 9.90 Å². The molecule has 0 saturated carbocycles. The fourth-order valence-corrected chi connectivity index (χ4v) is 4.22. The number of anilines is 1. The van der Waals surface area contributed by atoms with Crippen LogP contribution in [-0.2, 0) is 24.2 Å². The fourth-order valence-electron chi connectivity index (χ4n) is 4.22. The van der Waals surface area contributed by atoms with Gasteiger partial charge < -0.3 is 20.3 Å². The summed E-state index contributed by atoms with van der Waals surface area (Å²) in [5.41, 5.74) is 5.35. The lowest BCUT2D eigenvalue weighted by Crippen LogP contribution is -2.23. The Morgan fingerprint density at radius 3 is 2.32 bits per heavy atom. The summed E-state index contributed by atoms with van der Waals surface area (Å²) in [6.45, 7) is 6.33. The summed E-state index contributed by atoms with van der Waals surface area (Å²) in [5, 5.41) is 16.5. The van der Waals surface area contributed by atoms with Crippen LogP contribution in [0.4, 0.5) is 5.69 Å². The van der Waals surface area contributed by atoms with Crippen molar-refractivity contribution in [1.82, 2.24) is 14.9 Å². The van der Waals surface area contributed by atoms with Gasteiger partial charge in [-0.1, -0.05) is 80.6 Å². The summed E-state index contributed by atoms with van der Waals surface area (Å²) < 4.78 is 2.02. The molecule has 3 aromatic carbocycles. The summed E-state index contributed by atoms with van der Waals surface area (Å²) in [4.78, 5) is 17.1. The largest absolute Gasteiger partial charge is 0.387 e. The van der Waals surface area contributed by atoms with Crippen molar-refractivity contribution >= 4 is 11.6 Å². The number of aromatic nitrogens is 2. The minimum atomic E-state index is -0.514. The smallest absolute Gasteiger partial charge is 0.231 e. The van der Waals surface area contributed by atoms with Gasteiger partial charge >= 0.3 is 0 Å². The number of rotatable bonds is 12. The molecule has 6 nitrogen and oxygen atoms in total. The van der Waals surface area contributed by atoms with Crippen LogP contribution in [0.3, 0.4) is 0 Å². The van der Waals surface area contributed by atoms with Gasteiger partial charge in [-0.3, -0.25) is 4.79 Å². The van der Waals surface area contributed by atoms with Crippen LogP contribution in [0.1, 0.15) is 53.9 Å². The SMILES string of the molecule is CC(C)c1ccc(Cn2ccnc2CC(=O)Nc2ccc(CCNCC(O)c3ccccc3)cc2)cc1. The highest BCUT2D eigenvalue weighted by Crippen LogP contribution is 2.16. The standard InChI is InChI=1S/C31H36N4O2/c1-23(2)26-12-8-25(9-13-26)22-35-19-18-33-30(35)20-31(37)34-28-14-10-24(11-15-28)16-17-32-21-29(36)27-6-4-3-5-7-27/h3-15,18-19,23,29,32,36H,16-17,20-22H2,1-2H3,(H,34,37). The van der Waals surface area contributed by atoms with Crippen LogP contribution < -0.4 is 10.6 Å². The number of aliphatic hydroxyl groups is 1. The van der Waals surface area contributed by atoms with Crippen LogP contribution in [0.15, 0.2) is 91.3 Å². The van der Waals surface area contributed by atoms with Crippen molar-refractivity contribution in [3.05, 3.63) is 119 Å². The molecule has 0 fully saturated rings. The van der Waals surface area contributed by atoms with Gasteiger partial charge in [-0.25, -0.2) is 4.98 Å². The third kappa shape index (κ3) is 7.87. The molecule has 1 aromatic heterocycles. The molecule has 4 rings (SSSR count). The Morgan fingerprint density at radius 2 is 1.62 bits per heavy atom. The minimum absolute atomic E-state index is 0.0908. The Morgan fingerprint density at radius 1 is 0.919 bits per heavy atom. The Kier molecular flexibility index (Phi) is 9.24. The Hall–Kier alpha value is -3.74. The first-order chi connectivity index (χ1) is 18.0. The zero-order valence-electron chi connectivity index (χ0n) is 21.6. The molecule has 0 spiro atoms. The molecule has 37 heavy (non-hydrogen) atoms. The second-order valence-corrected chi connectivity index (χ2v) is 9.67. The summed E-state index contributed by atoms with van der Waals surface area (Å²) in [6.07, 6.45) is 4.20. The van der Waals surface area contributed by atoms with Crippen molar-refractivity contribution in [2.24, 2.45) is 0 Å². The van der Waals surface area contributed by atoms with E-state index in [0.29, 0.717) is 19.0 Å². The van der Waals surface area contributed by atoms with E-state index in [1.54, 1.807) is 6.20 Å². The molecule has 1 atom stereocenters. The van der Waals surface area contributed by atoms with E-state index < -0.39 is 6.10 Å². The van der Waals surface area contributed by atoms with Crippen molar-refractivity contribution in [1.29, 1.82) is 0 Å². The molecule has 0 aliphatic heterocycles. The molecular weight excluding hydrogens is 460 g/mol. The lowest BCUT2D eigenvalue weighted by molar-refractivity contribution is -0.115. The van der Waals surface area contributed by atoms with Gasteiger partial charge in [0, 0.05) is 31.2 Å². The van der Waals surface area contributed by atoms with Crippen LogP contribution in [0.25, 0.3) is 0 Å². The van der Waals surface area contributed by atoms with Crippen LogP contribution in [0.2, 0.25) is 0 Å². The number of hydrogen-bond donors (Lipinski definition) is 3. The van der Waals surface area contributed by atoms with Crippen molar-refractivity contribution in [2.45, 2.75) is 45.3 Å². The molecule has 1 amide bonds. The minimum Gasteiger partial charge on any atom is -0.387 e. The first-order valence-electron chi connectivity index (χ1n) is 12.9. The number of aliphatic hydroxyl groups excluding tert-OH is 1. The van der Waals surface area contributed by atoms with E-state index in [2.05, 4.69) is 53.7 Å². The number of nitrogens with zero attached hydrogens (tertiary/aromatic N) is 2. The van der Waals surface area contributed by atoms with Gasteiger partial charge in [0.05, 0.1) is 12.5 Å². The number of amides is 1. The highest BCUT2D eigenvalue weighted by atomic mass is 16.3. The number of hydrogen-bond acceptors (Lipinski definition) is 4. The van der Waals surface area contributed by atoms with Crippen molar-refractivity contribution in [2.75, 3.05) is 18.4 Å². The van der Waals surface area contributed by atoms with E-state index >= 15 is 0 Å². The second-order valence-electron chi connectivity index (χ2n) is 9.67. The third-order valence-corrected chi connectivity index (χ3v) is 6.47. The third-order valence-electron chi connectivity index (χ3n) is 6.47. The van der Waals surface area contributed by atoms with Gasteiger partial charge in [0.25, 0.3) is 0 Å². The van der Waals surface area contributed by atoms with E-state index in [4.69, 9.17) is 0 Å². The van der Waals surface area contributed by atoms with Gasteiger partial charge in [0.2, 0.25) is 5.91 Å². The summed E-state index contributed by atoms with van der Waals surface area (Å²) >= 11 is 0. The number of carbonyl (C=O) groups is 1. The molecule has 0 aliphatic carbocycles. The number of imidazole rings is 1. The molecule has 0 aliphatic rings. The first kappa shape index (κ1) is 26.3. The number of carbonyl (C=O) groups excluding carboxylic acids is 1.